The third kappa shape index (κ3) is 2.49. The van der Waals surface area contributed by atoms with Gasteiger partial charge in [0.2, 0.25) is 0 Å². The maximum Gasteiger partial charge on any atom is 0.194 e. The van der Waals surface area contributed by atoms with Gasteiger partial charge in [0.05, 0.1) is 12.1 Å². The van der Waals surface area contributed by atoms with E-state index in [0.29, 0.717) is 6.42 Å². The van der Waals surface area contributed by atoms with Crippen molar-refractivity contribution in [2.24, 2.45) is 0 Å². The molecule has 0 saturated carbocycles. The number of Topliss-reactive ketones (excluding diaryl/α,β-unsaturated/α-hetero) is 1. The summed E-state index contributed by atoms with van der Waals surface area (Å²) in [6.07, 6.45) is 3.80. The van der Waals surface area contributed by atoms with E-state index < -0.39 is 0 Å². The Bertz CT molecular complexity index is 265. The Morgan fingerprint density at radius 2 is 2.42 bits per heavy atom. The number of hydrogen-bond donors (Lipinski definition) is 0. The van der Waals surface area contributed by atoms with Crippen molar-refractivity contribution in [1.29, 1.82) is 0 Å². The van der Waals surface area contributed by atoms with Crippen LogP contribution in [0.5, 0.6) is 0 Å². The van der Waals surface area contributed by atoms with Gasteiger partial charge in [-0.3, -0.25) is 4.79 Å². The van der Waals surface area contributed by atoms with Crippen LogP contribution in [0.15, 0.2) is 10.7 Å². The van der Waals surface area contributed by atoms with Crippen LogP contribution in [-0.4, -0.2) is 10.8 Å². The number of nitrogens with zero attached hydrogens (tertiary/aromatic N) is 1. The summed E-state index contributed by atoms with van der Waals surface area (Å²) in [6.45, 7) is 3.61. The highest BCUT2D eigenvalue weighted by Crippen LogP contribution is 2.05. The van der Waals surface area contributed by atoms with Gasteiger partial charge in [-0.1, -0.05) is 6.92 Å². The summed E-state index contributed by atoms with van der Waals surface area (Å²) in [5.74, 6) is 0.847. The molecule has 3 heteroatoms. The van der Waals surface area contributed by atoms with Crippen molar-refractivity contribution in [3.05, 3.63) is 17.8 Å². The molecule has 0 aromatic carbocycles. The molecule has 0 N–H and O–H groups in total. The van der Waals surface area contributed by atoms with E-state index in [4.69, 9.17) is 4.42 Å². The predicted molar refractivity (Wildman–Crippen MR) is 44.9 cm³/mol. The fourth-order valence-electron chi connectivity index (χ4n) is 1.01. The average Bonchev–Trinajstić information content (AvgIpc) is 2.36. The second-order valence-electron chi connectivity index (χ2n) is 2.86. The van der Waals surface area contributed by atoms with Gasteiger partial charge in [0.15, 0.2) is 5.89 Å². The lowest BCUT2D eigenvalue weighted by atomic mass is 10.2. The topological polar surface area (TPSA) is 43.1 Å². The van der Waals surface area contributed by atoms with Crippen molar-refractivity contribution < 1.29 is 9.21 Å². The van der Waals surface area contributed by atoms with E-state index in [0.717, 1.165) is 24.4 Å². The van der Waals surface area contributed by atoms with Gasteiger partial charge >= 0.3 is 0 Å². The minimum absolute atomic E-state index is 0.117. The van der Waals surface area contributed by atoms with Crippen LogP contribution >= 0.6 is 0 Å². The number of aromatic nitrogens is 1. The summed E-state index contributed by atoms with van der Waals surface area (Å²) in [6, 6.07) is 0. The van der Waals surface area contributed by atoms with E-state index in [1.165, 1.54) is 0 Å². The Labute approximate surface area is 71.8 Å². The largest absolute Gasteiger partial charge is 0.449 e. The molecule has 0 unspecified atom stereocenters. The van der Waals surface area contributed by atoms with Gasteiger partial charge in [0, 0.05) is 6.42 Å². The predicted octanol–water partition coefficient (Wildman–Crippen LogP) is 1.76. The summed E-state index contributed by atoms with van der Waals surface area (Å²) in [4.78, 5) is 14.9. The number of ketones is 1. The molecule has 0 radical (unpaired) electrons. The monoisotopic (exact) mass is 167 g/mol. The zero-order valence-electron chi connectivity index (χ0n) is 7.46. The van der Waals surface area contributed by atoms with E-state index in [1.54, 1.807) is 13.2 Å². The highest BCUT2D eigenvalue weighted by molar-refractivity contribution is 5.77. The molecule has 1 aromatic heterocycles. The van der Waals surface area contributed by atoms with Gasteiger partial charge in [-0.2, -0.15) is 0 Å². The van der Waals surface area contributed by atoms with Crippen LogP contribution < -0.4 is 0 Å². The average molecular weight is 167 g/mol. The Kier molecular flexibility index (Phi) is 3.02. The molecule has 0 bridgehead atoms. The second kappa shape index (κ2) is 4.04. The van der Waals surface area contributed by atoms with Crippen molar-refractivity contribution in [3.8, 4) is 0 Å². The molecule has 12 heavy (non-hydrogen) atoms. The normalized spacial score (nSPS) is 10.2. The van der Waals surface area contributed by atoms with Crippen molar-refractivity contribution in [1.82, 2.24) is 4.98 Å². The third-order valence-electron chi connectivity index (χ3n) is 1.49. The van der Waals surface area contributed by atoms with E-state index >= 15 is 0 Å². The third-order valence-corrected chi connectivity index (χ3v) is 1.49. The molecule has 0 atom stereocenters. The number of rotatable bonds is 4. The lowest BCUT2D eigenvalue weighted by molar-refractivity contribution is -0.116. The van der Waals surface area contributed by atoms with Gasteiger partial charge in [-0.25, -0.2) is 4.98 Å². The van der Waals surface area contributed by atoms with E-state index in [9.17, 15) is 4.79 Å². The standard InChI is InChI=1S/C9H13NO2/c1-3-4-9-10-8(6-12-9)5-7(2)11/h6H,3-5H2,1-2H3. The number of oxazole rings is 1. The maximum atomic E-state index is 10.7. The van der Waals surface area contributed by atoms with E-state index in [-0.39, 0.29) is 5.78 Å². The number of aryl methyl sites for hydroxylation is 1. The zero-order valence-corrected chi connectivity index (χ0v) is 7.46. The van der Waals surface area contributed by atoms with Crippen molar-refractivity contribution in [3.63, 3.8) is 0 Å². The Morgan fingerprint density at radius 1 is 1.67 bits per heavy atom. The molecule has 1 rings (SSSR count). The molecule has 1 heterocycles. The Hall–Kier alpha value is -1.12. The van der Waals surface area contributed by atoms with Gasteiger partial charge in [-0.05, 0) is 13.3 Å². The van der Waals surface area contributed by atoms with Crippen LogP contribution in [0.25, 0.3) is 0 Å². The molecule has 66 valence electrons. The molecule has 0 fully saturated rings. The first kappa shape index (κ1) is 8.97. The van der Waals surface area contributed by atoms with Crippen LogP contribution in [0.4, 0.5) is 0 Å². The molecular weight excluding hydrogens is 154 g/mol. The first-order chi connectivity index (χ1) is 5.72. The molecule has 0 aliphatic heterocycles. The highest BCUT2D eigenvalue weighted by Gasteiger charge is 2.04. The fraction of sp³-hybridized carbons (Fsp3) is 0.556. The molecule has 1 aromatic rings. The van der Waals surface area contributed by atoms with Crippen molar-refractivity contribution in [2.45, 2.75) is 33.1 Å². The lowest BCUT2D eigenvalue weighted by Crippen LogP contribution is -1.96. The molecular formula is C9H13NO2. The fourth-order valence-corrected chi connectivity index (χ4v) is 1.01. The van der Waals surface area contributed by atoms with Crippen LogP contribution in [0.3, 0.4) is 0 Å². The zero-order chi connectivity index (χ0) is 8.97. The van der Waals surface area contributed by atoms with E-state index in [1.807, 2.05) is 0 Å². The number of carbonyl (C=O) groups excluding carboxylic acids is 1. The first-order valence-corrected chi connectivity index (χ1v) is 4.15. The molecule has 0 amide bonds. The number of carbonyl (C=O) groups is 1. The number of hydrogen-bond acceptors (Lipinski definition) is 3. The summed E-state index contributed by atoms with van der Waals surface area (Å²) in [5, 5.41) is 0. The Balaban J connectivity index is 2.58. The quantitative estimate of drug-likeness (QED) is 0.686. The van der Waals surface area contributed by atoms with Gasteiger partial charge < -0.3 is 4.42 Å². The SMILES string of the molecule is CCCc1nc(CC(C)=O)co1. The Morgan fingerprint density at radius 3 is 3.00 bits per heavy atom. The van der Waals surface area contributed by atoms with E-state index in [2.05, 4.69) is 11.9 Å². The summed E-state index contributed by atoms with van der Waals surface area (Å²) in [7, 11) is 0. The van der Waals surface area contributed by atoms with Crippen LogP contribution in [0, 0.1) is 0 Å². The molecule has 3 nitrogen and oxygen atoms in total. The van der Waals surface area contributed by atoms with Crippen molar-refractivity contribution in [2.75, 3.05) is 0 Å². The van der Waals surface area contributed by atoms with Gasteiger partial charge in [0.25, 0.3) is 0 Å². The van der Waals surface area contributed by atoms with Crippen LogP contribution in [0.1, 0.15) is 31.9 Å². The van der Waals surface area contributed by atoms with Crippen LogP contribution in [-0.2, 0) is 17.6 Å². The lowest BCUT2D eigenvalue weighted by Gasteiger charge is -1.87. The van der Waals surface area contributed by atoms with Crippen molar-refractivity contribution >= 4 is 5.78 Å². The molecule has 0 aliphatic carbocycles. The molecule has 0 aliphatic rings. The first-order valence-electron chi connectivity index (χ1n) is 4.15. The summed E-state index contributed by atoms with van der Waals surface area (Å²) < 4.78 is 5.14. The molecule has 0 saturated heterocycles. The highest BCUT2D eigenvalue weighted by atomic mass is 16.3. The maximum absolute atomic E-state index is 10.7. The molecule has 0 spiro atoms. The summed E-state index contributed by atoms with van der Waals surface area (Å²) in [5.41, 5.74) is 0.742. The van der Waals surface area contributed by atoms with Gasteiger partial charge in [-0.15, -0.1) is 0 Å². The van der Waals surface area contributed by atoms with Crippen LogP contribution in [0.2, 0.25) is 0 Å². The summed E-state index contributed by atoms with van der Waals surface area (Å²) >= 11 is 0. The second-order valence-corrected chi connectivity index (χ2v) is 2.86. The smallest absolute Gasteiger partial charge is 0.194 e. The minimum atomic E-state index is 0.117. The minimum Gasteiger partial charge on any atom is -0.449 e. The van der Waals surface area contributed by atoms with Gasteiger partial charge in [0.1, 0.15) is 12.0 Å².